The molecule has 1 saturated carbocycles. The molecule has 2 aromatic rings. The summed E-state index contributed by atoms with van der Waals surface area (Å²) in [6.45, 7) is 1.39. The first-order valence-electron chi connectivity index (χ1n) is 10.0. The number of halogens is 1. The number of nitriles is 1. The molecule has 1 amide bonds. The number of pyridine rings is 1. The van der Waals surface area contributed by atoms with Crippen molar-refractivity contribution in [3.05, 3.63) is 47.9 Å². The number of hydrazone groups is 1. The van der Waals surface area contributed by atoms with E-state index in [1.165, 1.54) is 17.4 Å². The second kappa shape index (κ2) is 7.13. The largest absolute Gasteiger partial charge is 0.356 e. The molecule has 4 heterocycles. The van der Waals surface area contributed by atoms with E-state index in [0.717, 1.165) is 31.4 Å². The first-order valence-corrected chi connectivity index (χ1v) is 10.0. The molecule has 5 rings (SSSR count). The molecule has 152 valence electrons. The Balaban J connectivity index is 1.35. The minimum Gasteiger partial charge on any atom is -0.356 e. The fourth-order valence-corrected chi connectivity index (χ4v) is 4.66. The van der Waals surface area contributed by atoms with E-state index >= 15 is 0 Å². The topological polar surface area (TPSA) is 98.4 Å². The van der Waals surface area contributed by atoms with E-state index in [2.05, 4.69) is 25.0 Å². The van der Waals surface area contributed by atoms with Crippen LogP contribution in [-0.2, 0) is 4.79 Å². The number of carbonyl (C=O) groups is 1. The zero-order valence-electron chi connectivity index (χ0n) is 16.3. The molecule has 0 radical (unpaired) electrons. The van der Waals surface area contributed by atoms with Crippen molar-refractivity contribution in [3.8, 4) is 6.07 Å². The van der Waals surface area contributed by atoms with Gasteiger partial charge in [0.2, 0.25) is 5.91 Å². The van der Waals surface area contributed by atoms with Crippen LogP contribution < -0.4 is 4.90 Å². The smallest absolute Gasteiger partial charge is 0.247 e. The molecule has 2 fully saturated rings. The highest BCUT2D eigenvalue weighted by atomic mass is 19.1. The minimum atomic E-state index is -0.416. The Hall–Kier alpha value is -3.41. The molecule has 2 aliphatic heterocycles. The van der Waals surface area contributed by atoms with E-state index < -0.39 is 5.82 Å². The molecule has 2 atom stereocenters. The molecule has 9 heteroatoms. The summed E-state index contributed by atoms with van der Waals surface area (Å²) in [4.78, 5) is 27.8. The molecule has 0 N–H and O–H groups in total. The second-order valence-electron chi connectivity index (χ2n) is 8.17. The third-order valence-electron chi connectivity index (χ3n) is 6.38. The van der Waals surface area contributed by atoms with Gasteiger partial charge in [-0.2, -0.15) is 10.4 Å². The van der Waals surface area contributed by atoms with Crippen molar-refractivity contribution in [2.24, 2.45) is 16.4 Å². The van der Waals surface area contributed by atoms with Gasteiger partial charge in [-0.1, -0.05) is 0 Å². The van der Waals surface area contributed by atoms with Gasteiger partial charge in [0, 0.05) is 43.9 Å². The monoisotopic (exact) mass is 405 g/mol. The standard InChI is InChI=1S/C21H20FN7O/c22-15-7-14(10-24-11-15)18-1-5-27-29(18)20(30)17-2-6-28(12-21(17)3-4-21)19-8-16(9-23)25-13-26-19/h5,7-8,10-11,13,17-18H,1-4,6,12H2/t17-,18+/m1/s1. The number of amides is 1. The summed E-state index contributed by atoms with van der Waals surface area (Å²) < 4.78 is 13.7. The van der Waals surface area contributed by atoms with Gasteiger partial charge in [0.25, 0.3) is 0 Å². The van der Waals surface area contributed by atoms with E-state index in [1.807, 2.05) is 6.07 Å². The van der Waals surface area contributed by atoms with E-state index in [9.17, 15) is 9.18 Å². The van der Waals surface area contributed by atoms with Crippen LogP contribution in [0.25, 0.3) is 0 Å². The molecule has 0 unspecified atom stereocenters. The van der Waals surface area contributed by atoms with Crippen LogP contribution >= 0.6 is 0 Å². The molecule has 8 nitrogen and oxygen atoms in total. The molecule has 3 aliphatic rings. The molecule has 30 heavy (non-hydrogen) atoms. The van der Waals surface area contributed by atoms with Gasteiger partial charge in [-0.25, -0.2) is 19.4 Å². The van der Waals surface area contributed by atoms with Crippen LogP contribution in [-0.4, -0.2) is 45.2 Å². The Kier molecular flexibility index (Phi) is 4.42. The number of aromatic nitrogens is 3. The first kappa shape index (κ1) is 18.6. The molecular formula is C21H20FN7O. The molecular weight excluding hydrogens is 385 g/mol. The molecule has 1 spiro atoms. The van der Waals surface area contributed by atoms with Crippen molar-refractivity contribution < 1.29 is 9.18 Å². The third kappa shape index (κ3) is 3.18. The molecule has 1 saturated heterocycles. The lowest BCUT2D eigenvalue weighted by Crippen LogP contribution is -2.48. The van der Waals surface area contributed by atoms with Crippen molar-refractivity contribution in [2.75, 3.05) is 18.0 Å². The third-order valence-corrected chi connectivity index (χ3v) is 6.38. The van der Waals surface area contributed by atoms with Crippen LogP contribution in [0.4, 0.5) is 10.2 Å². The predicted molar refractivity (Wildman–Crippen MR) is 106 cm³/mol. The van der Waals surface area contributed by atoms with Gasteiger partial charge < -0.3 is 4.90 Å². The number of carbonyl (C=O) groups excluding carboxylic acids is 1. The van der Waals surface area contributed by atoms with Gasteiger partial charge in [0.15, 0.2) is 0 Å². The number of rotatable bonds is 3. The summed E-state index contributed by atoms with van der Waals surface area (Å²) >= 11 is 0. The van der Waals surface area contributed by atoms with E-state index in [4.69, 9.17) is 5.26 Å². The lowest BCUT2D eigenvalue weighted by atomic mass is 9.81. The maximum Gasteiger partial charge on any atom is 0.247 e. The Labute approximate surface area is 173 Å². The van der Waals surface area contributed by atoms with E-state index in [-0.39, 0.29) is 23.3 Å². The van der Waals surface area contributed by atoms with Crippen LogP contribution in [0, 0.1) is 28.5 Å². The quantitative estimate of drug-likeness (QED) is 0.778. The predicted octanol–water partition coefficient (Wildman–Crippen LogP) is 2.45. The van der Waals surface area contributed by atoms with Gasteiger partial charge in [0.1, 0.15) is 29.7 Å². The molecule has 2 aromatic heterocycles. The van der Waals surface area contributed by atoms with Crippen molar-refractivity contribution in [1.82, 2.24) is 20.0 Å². The average Bonchev–Trinajstić information content (AvgIpc) is 3.34. The Bertz CT molecular complexity index is 1060. The maximum absolute atomic E-state index is 13.7. The summed E-state index contributed by atoms with van der Waals surface area (Å²) in [5.74, 6) is 0.169. The number of hydrogen-bond acceptors (Lipinski definition) is 7. The molecule has 1 aliphatic carbocycles. The van der Waals surface area contributed by atoms with Crippen LogP contribution in [0.2, 0.25) is 0 Å². The zero-order valence-corrected chi connectivity index (χ0v) is 16.3. The number of anilines is 1. The Morgan fingerprint density at radius 3 is 2.90 bits per heavy atom. The molecule has 0 bridgehead atoms. The van der Waals surface area contributed by atoms with Crippen molar-refractivity contribution >= 4 is 17.9 Å². The summed E-state index contributed by atoms with van der Waals surface area (Å²) in [6.07, 6.45) is 9.06. The van der Waals surface area contributed by atoms with Gasteiger partial charge in [0.05, 0.1) is 12.2 Å². The SMILES string of the molecule is N#Cc1cc(N2CC[C@H](C(=O)N3N=CC[C@H]3c3cncc(F)c3)C3(CC3)C2)ncn1. The molecule has 0 aromatic carbocycles. The van der Waals surface area contributed by atoms with E-state index in [1.54, 1.807) is 18.5 Å². The maximum atomic E-state index is 13.7. The zero-order chi connectivity index (χ0) is 20.7. The van der Waals surface area contributed by atoms with Crippen LogP contribution in [0.1, 0.15) is 43.0 Å². The fourth-order valence-electron chi connectivity index (χ4n) is 4.66. The van der Waals surface area contributed by atoms with Crippen molar-refractivity contribution in [3.63, 3.8) is 0 Å². The van der Waals surface area contributed by atoms with Gasteiger partial charge >= 0.3 is 0 Å². The highest BCUT2D eigenvalue weighted by Gasteiger charge is 2.56. The van der Waals surface area contributed by atoms with E-state index in [0.29, 0.717) is 30.6 Å². The summed E-state index contributed by atoms with van der Waals surface area (Å²) in [6, 6.07) is 4.85. The highest BCUT2D eigenvalue weighted by Crippen LogP contribution is 2.57. The van der Waals surface area contributed by atoms with Gasteiger partial charge in [-0.15, -0.1) is 0 Å². The van der Waals surface area contributed by atoms with Crippen molar-refractivity contribution in [2.45, 2.75) is 31.7 Å². The van der Waals surface area contributed by atoms with Crippen LogP contribution in [0.15, 0.2) is 36.0 Å². The Morgan fingerprint density at radius 2 is 2.13 bits per heavy atom. The van der Waals surface area contributed by atoms with Gasteiger partial charge in [-0.3, -0.25) is 9.78 Å². The summed E-state index contributed by atoms with van der Waals surface area (Å²) in [5, 5.41) is 15.0. The van der Waals surface area contributed by atoms with Gasteiger partial charge in [-0.05, 0) is 36.3 Å². The number of hydrogen-bond donors (Lipinski definition) is 0. The fraction of sp³-hybridized carbons (Fsp3) is 0.429. The summed E-state index contributed by atoms with van der Waals surface area (Å²) in [5.41, 5.74) is 0.893. The van der Waals surface area contributed by atoms with Crippen LogP contribution in [0.5, 0.6) is 0 Å². The number of piperidine rings is 1. The lowest BCUT2D eigenvalue weighted by molar-refractivity contribution is -0.140. The van der Waals surface area contributed by atoms with Crippen molar-refractivity contribution in [1.29, 1.82) is 5.26 Å². The minimum absolute atomic E-state index is 0.00411. The van der Waals surface area contributed by atoms with Crippen LogP contribution in [0.3, 0.4) is 0 Å². The highest BCUT2D eigenvalue weighted by molar-refractivity contribution is 5.83. The normalized spacial score (nSPS) is 24.1. The summed E-state index contributed by atoms with van der Waals surface area (Å²) in [7, 11) is 0. The Morgan fingerprint density at radius 1 is 1.27 bits per heavy atom. The first-order chi connectivity index (χ1) is 14.6. The second-order valence-corrected chi connectivity index (χ2v) is 8.17. The number of nitrogens with zero attached hydrogens (tertiary/aromatic N) is 7. The average molecular weight is 405 g/mol. The lowest BCUT2D eigenvalue weighted by Gasteiger charge is -2.40.